The number of hydrogen-bond acceptors (Lipinski definition) is 2. The van der Waals surface area contributed by atoms with E-state index in [9.17, 15) is 0 Å². The van der Waals surface area contributed by atoms with Crippen LogP contribution in [-0.4, -0.2) is 19.1 Å². The van der Waals surface area contributed by atoms with E-state index < -0.39 is 0 Å². The van der Waals surface area contributed by atoms with Gasteiger partial charge in [-0.3, -0.25) is 0 Å². The van der Waals surface area contributed by atoms with Crippen LogP contribution in [0.2, 0.25) is 0 Å². The number of nitrogens with two attached hydrogens (primary N) is 1. The first-order valence-electron chi connectivity index (χ1n) is 9.70. The molecule has 3 N–H and O–H groups in total. The second kappa shape index (κ2) is 16.3. The molecule has 1 aliphatic rings. The molecule has 1 unspecified atom stereocenters. The van der Waals surface area contributed by atoms with Gasteiger partial charge in [-0.2, -0.15) is 0 Å². The highest BCUT2D eigenvalue weighted by atomic mass is 14.8. The Labute approximate surface area is 134 Å². The van der Waals surface area contributed by atoms with Crippen LogP contribution in [0.3, 0.4) is 0 Å². The molecule has 0 aromatic rings. The average Bonchev–Trinajstić information content (AvgIpc) is 2.48. The maximum atomic E-state index is 6.25. The lowest BCUT2D eigenvalue weighted by Crippen LogP contribution is -2.25. The number of nitrogens with one attached hydrogen (secondary N) is 1. The van der Waals surface area contributed by atoms with Crippen molar-refractivity contribution < 1.29 is 0 Å². The lowest BCUT2D eigenvalue weighted by molar-refractivity contribution is 0.310. The molecular weight excluding hydrogens is 256 g/mol. The van der Waals surface area contributed by atoms with Gasteiger partial charge in [0.25, 0.3) is 0 Å². The minimum atomic E-state index is 0.462. The van der Waals surface area contributed by atoms with Crippen molar-refractivity contribution in [3.8, 4) is 0 Å². The van der Waals surface area contributed by atoms with E-state index in [4.69, 9.17) is 5.73 Å². The molecule has 1 aliphatic carbocycles. The lowest BCUT2D eigenvalue weighted by Gasteiger charge is -2.24. The summed E-state index contributed by atoms with van der Waals surface area (Å²) in [7, 11) is 0. The van der Waals surface area contributed by atoms with Crippen molar-refractivity contribution in [2.45, 2.75) is 104 Å². The highest BCUT2D eigenvalue weighted by Gasteiger charge is 2.16. The maximum absolute atomic E-state index is 6.25. The molecule has 1 atom stereocenters. The van der Waals surface area contributed by atoms with E-state index in [1.54, 1.807) is 0 Å². The highest BCUT2D eigenvalue weighted by molar-refractivity contribution is 4.72. The van der Waals surface area contributed by atoms with Crippen LogP contribution in [0.25, 0.3) is 0 Å². The van der Waals surface area contributed by atoms with Crippen LogP contribution in [0.4, 0.5) is 0 Å². The molecule has 2 heteroatoms. The van der Waals surface area contributed by atoms with E-state index in [1.807, 2.05) is 0 Å². The molecule has 21 heavy (non-hydrogen) atoms. The summed E-state index contributed by atoms with van der Waals surface area (Å²) in [5.74, 6) is 0.941. The minimum Gasteiger partial charge on any atom is -0.328 e. The fourth-order valence-electron chi connectivity index (χ4n) is 3.05. The van der Waals surface area contributed by atoms with Gasteiger partial charge in [0.15, 0.2) is 0 Å². The normalized spacial score (nSPS) is 17.1. The third kappa shape index (κ3) is 14.6. The van der Waals surface area contributed by atoms with Gasteiger partial charge in [-0.05, 0) is 44.7 Å². The second-order valence-electron chi connectivity index (χ2n) is 6.81. The highest BCUT2D eigenvalue weighted by Crippen LogP contribution is 2.27. The summed E-state index contributed by atoms with van der Waals surface area (Å²) in [6.45, 7) is 8.85. The molecule has 0 saturated heterocycles. The monoisotopic (exact) mass is 298 g/mol. The Morgan fingerprint density at radius 1 is 0.952 bits per heavy atom. The van der Waals surface area contributed by atoms with Crippen molar-refractivity contribution in [3.05, 3.63) is 0 Å². The summed E-state index contributed by atoms with van der Waals surface area (Å²) in [6, 6.07) is 0.462. The number of hydrogen-bond donors (Lipinski definition) is 2. The molecule has 1 rings (SSSR count). The van der Waals surface area contributed by atoms with Gasteiger partial charge in [0, 0.05) is 6.04 Å². The second-order valence-corrected chi connectivity index (χ2v) is 6.81. The fourth-order valence-corrected chi connectivity index (χ4v) is 3.05. The van der Waals surface area contributed by atoms with E-state index >= 15 is 0 Å². The van der Waals surface area contributed by atoms with Gasteiger partial charge >= 0.3 is 0 Å². The largest absolute Gasteiger partial charge is 0.328 e. The van der Waals surface area contributed by atoms with Crippen LogP contribution >= 0.6 is 0 Å². The Morgan fingerprint density at radius 3 is 2.19 bits per heavy atom. The third-order valence-corrected chi connectivity index (χ3v) is 4.25. The first kappa shape index (κ1) is 20.9. The summed E-state index contributed by atoms with van der Waals surface area (Å²) in [5.41, 5.74) is 6.25. The van der Waals surface area contributed by atoms with Gasteiger partial charge < -0.3 is 11.1 Å². The van der Waals surface area contributed by atoms with Crippen LogP contribution in [-0.2, 0) is 0 Å². The molecule has 128 valence electrons. The maximum Gasteiger partial charge on any atom is 0.00414 e. The summed E-state index contributed by atoms with van der Waals surface area (Å²) in [4.78, 5) is 0. The molecule has 0 aromatic heterocycles. The van der Waals surface area contributed by atoms with Gasteiger partial charge in [-0.15, -0.1) is 0 Å². The van der Waals surface area contributed by atoms with E-state index in [1.165, 1.54) is 90.1 Å². The Kier molecular flexibility index (Phi) is 16.2. The molecule has 1 fully saturated rings. The van der Waals surface area contributed by atoms with Crippen molar-refractivity contribution in [1.29, 1.82) is 0 Å². The van der Waals surface area contributed by atoms with E-state index in [2.05, 4.69) is 26.1 Å². The molecular formula is C19H42N2. The topological polar surface area (TPSA) is 38.0 Å². The van der Waals surface area contributed by atoms with Crippen LogP contribution in [0.1, 0.15) is 97.8 Å². The van der Waals surface area contributed by atoms with E-state index in [-0.39, 0.29) is 0 Å². The summed E-state index contributed by atoms with van der Waals surface area (Å²) < 4.78 is 0. The van der Waals surface area contributed by atoms with E-state index in [0.717, 1.165) is 5.92 Å². The van der Waals surface area contributed by atoms with Crippen molar-refractivity contribution in [2.24, 2.45) is 11.7 Å². The summed E-state index contributed by atoms with van der Waals surface area (Å²) >= 11 is 0. The molecule has 0 amide bonds. The molecule has 0 spiro atoms. The zero-order valence-electron chi connectivity index (χ0n) is 15.1. The van der Waals surface area contributed by atoms with Crippen LogP contribution in [0, 0.1) is 5.92 Å². The Bertz CT molecular complexity index is 188. The number of unbranched alkanes of at least 4 members (excludes halogenated alkanes) is 2. The molecule has 0 heterocycles. The van der Waals surface area contributed by atoms with Crippen molar-refractivity contribution in [3.63, 3.8) is 0 Å². The summed E-state index contributed by atoms with van der Waals surface area (Å²) in [5, 5.41) is 3.50. The molecule has 1 saturated carbocycles. The molecule has 0 radical (unpaired) electrons. The van der Waals surface area contributed by atoms with Gasteiger partial charge in [0.1, 0.15) is 0 Å². The zero-order valence-corrected chi connectivity index (χ0v) is 15.1. The standard InChI is InChI=1S/C16H34N2.C3H8/c1-2-3-12-18-13-8-7-11-16(17)14-15-9-5-4-6-10-15;1-3-2/h15-16,18H,2-14,17H2,1H3;3H2,1-2H3. The minimum absolute atomic E-state index is 0.462. The average molecular weight is 299 g/mol. The SMILES string of the molecule is CCC.CCCCNCCCCC(N)CC1CCCCC1. The Hall–Kier alpha value is -0.0800. The Morgan fingerprint density at radius 2 is 1.57 bits per heavy atom. The van der Waals surface area contributed by atoms with E-state index in [0.29, 0.717) is 6.04 Å². The van der Waals surface area contributed by atoms with Crippen molar-refractivity contribution >= 4 is 0 Å². The first-order chi connectivity index (χ1) is 10.2. The summed E-state index contributed by atoms with van der Waals surface area (Å²) in [6.07, 6.45) is 16.2. The van der Waals surface area contributed by atoms with Crippen LogP contribution < -0.4 is 11.1 Å². The van der Waals surface area contributed by atoms with Crippen LogP contribution in [0.5, 0.6) is 0 Å². The molecule has 2 nitrogen and oxygen atoms in total. The molecule has 0 bridgehead atoms. The molecule has 0 aromatic carbocycles. The van der Waals surface area contributed by atoms with Crippen molar-refractivity contribution in [1.82, 2.24) is 5.32 Å². The lowest BCUT2D eigenvalue weighted by atomic mass is 9.84. The predicted octanol–water partition coefficient (Wildman–Crippen LogP) is 5.26. The van der Waals surface area contributed by atoms with Gasteiger partial charge in [0.2, 0.25) is 0 Å². The fraction of sp³-hybridized carbons (Fsp3) is 1.00. The predicted molar refractivity (Wildman–Crippen MR) is 96.8 cm³/mol. The van der Waals surface area contributed by atoms with Gasteiger partial charge in [-0.25, -0.2) is 0 Å². The zero-order chi connectivity index (χ0) is 15.8. The third-order valence-electron chi connectivity index (χ3n) is 4.25. The van der Waals surface area contributed by atoms with Gasteiger partial charge in [0.05, 0.1) is 0 Å². The van der Waals surface area contributed by atoms with Crippen molar-refractivity contribution in [2.75, 3.05) is 13.1 Å². The quantitative estimate of drug-likeness (QED) is 0.540. The first-order valence-corrected chi connectivity index (χ1v) is 9.70. The number of rotatable bonds is 10. The Balaban J connectivity index is 0.00000122. The smallest absolute Gasteiger partial charge is 0.00414 e. The van der Waals surface area contributed by atoms with Gasteiger partial charge in [-0.1, -0.05) is 72.1 Å². The van der Waals surface area contributed by atoms with Crippen LogP contribution in [0.15, 0.2) is 0 Å². The molecule has 0 aliphatic heterocycles.